The fourth-order valence-electron chi connectivity index (χ4n) is 1.71. The maximum atomic E-state index is 11.2. The largest absolute Gasteiger partial charge is 0.462 e. The minimum Gasteiger partial charge on any atom is -0.462 e. The number of hydrogen-bond donors (Lipinski definition) is 0. The van der Waals surface area contributed by atoms with E-state index in [4.69, 9.17) is 9.16 Å². The van der Waals surface area contributed by atoms with Crippen molar-refractivity contribution in [2.45, 2.75) is 57.7 Å². The minimum atomic E-state index is -1.43. The van der Waals surface area contributed by atoms with E-state index in [9.17, 15) is 4.79 Å². The second-order valence-electron chi connectivity index (χ2n) is 6.65. The Labute approximate surface area is 120 Å². The van der Waals surface area contributed by atoms with Crippen LogP contribution in [0.1, 0.15) is 13.3 Å². The molecule has 0 aromatic heterocycles. The number of rotatable bonds is 9. The van der Waals surface area contributed by atoms with Gasteiger partial charge < -0.3 is 9.16 Å². The van der Waals surface area contributed by atoms with Crippen LogP contribution in [-0.4, -0.2) is 36.1 Å². The van der Waals surface area contributed by atoms with Crippen molar-refractivity contribution in [2.24, 2.45) is 0 Å². The molecule has 0 saturated carbocycles. The fraction of sp³-hybridized carbons (Fsp3) is 0.786. The lowest BCUT2D eigenvalue weighted by Crippen LogP contribution is -2.34. The summed E-state index contributed by atoms with van der Waals surface area (Å²) in [5.41, 5.74) is 0.476. The van der Waals surface area contributed by atoms with Crippen LogP contribution < -0.4 is 0 Å². The van der Waals surface area contributed by atoms with E-state index in [0.717, 1.165) is 6.42 Å². The Morgan fingerprint density at radius 1 is 1.11 bits per heavy atom. The SMILES string of the molecule is C=C(C)C(=O)OCCC[Si](C)(C)CC[Si](C)(C)OC. The monoisotopic (exact) mass is 302 g/mol. The normalized spacial score (nSPS) is 12.3. The van der Waals surface area contributed by atoms with Gasteiger partial charge in [0.25, 0.3) is 0 Å². The van der Waals surface area contributed by atoms with Crippen molar-refractivity contribution in [2.75, 3.05) is 13.7 Å². The van der Waals surface area contributed by atoms with Gasteiger partial charge in [-0.05, 0) is 32.5 Å². The summed E-state index contributed by atoms with van der Waals surface area (Å²) >= 11 is 0. The smallest absolute Gasteiger partial charge is 0.333 e. The molecule has 0 rings (SSSR count). The Bertz CT molecular complexity index is 312. The van der Waals surface area contributed by atoms with Gasteiger partial charge in [-0.2, -0.15) is 0 Å². The first kappa shape index (κ1) is 18.6. The topological polar surface area (TPSA) is 35.5 Å². The van der Waals surface area contributed by atoms with Crippen LogP contribution in [-0.2, 0) is 14.0 Å². The Morgan fingerprint density at radius 3 is 2.16 bits per heavy atom. The Kier molecular flexibility index (Phi) is 7.85. The Hall–Kier alpha value is -0.396. The molecule has 0 aliphatic carbocycles. The van der Waals surface area contributed by atoms with Crippen molar-refractivity contribution in [1.82, 2.24) is 0 Å². The average Bonchev–Trinajstić information content (AvgIpc) is 2.32. The minimum absolute atomic E-state index is 0.271. The van der Waals surface area contributed by atoms with E-state index in [2.05, 4.69) is 32.8 Å². The molecule has 112 valence electrons. The summed E-state index contributed by atoms with van der Waals surface area (Å²) in [6.07, 6.45) is 0.965. The molecule has 0 unspecified atom stereocenters. The molecule has 0 aromatic rings. The molecule has 0 N–H and O–H groups in total. The molecule has 0 aliphatic heterocycles. The number of esters is 1. The lowest BCUT2D eigenvalue weighted by atomic mass is 10.4. The first-order valence-electron chi connectivity index (χ1n) is 6.97. The summed E-state index contributed by atoms with van der Waals surface area (Å²) in [4.78, 5) is 11.2. The fourth-order valence-corrected chi connectivity index (χ4v) is 8.38. The molecule has 0 aliphatic rings. The second-order valence-corrected chi connectivity index (χ2v) is 16.4. The van der Waals surface area contributed by atoms with E-state index < -0.39 is 16.4 Å². The summed E-state index contributed by atoms with van der Waals surface area (Å²) in [7, 11) is -0.786. The molecule has 0 amide bonds. The van der Waals surface area contributed by atoms with Crippen LogP contribution in [0.5, 0.6) is 0 Å². The predicted octanol–water partition coefficient (Wildman–Crippen LogP) is 4.06. The van der Waals surface area contributed by atoms with Crippen LogP contribution >= 0.6 is 0 Å². The van der Waals surface area contributed by atoms with Crippen LogP contribution in [0.3, 0.4) is 0 Å². The standard InChI is InChI=1S/C14H30O3Si2/c1-13(2)14(15)17-9-8-10-18(4,5)11-12-19(6,7)16-3/h1,8-12H2,2-7H3. The quantitative estimate of drug-likeness (QED) is 0.279. The number of hydrogen-bond acceptors (Lipinski definition) is 3. The molecule has 0 spiro atoms. The molecule has 0 atom stereocenters. The molecule has 0 bridgehead atoms. The van der Waals surface area contributed by atoms with E-state index in [0.29, 0.717) is 12.2 Å². The third-order valence-electron chi connectivity index (χ3n) is 3.54. The Balaban J connectivity index is 3.91. The van der Waals surface area contributed by atoms with Gasteiger partial charge in [0, 0.05) is 20.8 Å². The number of carbonyl (C=O) groups excluding carboxylic acids is 1. The predicted molar refractivity (Wildman–Crippen MR) is 86.8 cm³/mol. The second kappa shape index (κ2) is 8.02. The average molecular weight is 303 g/mol. The van der Waals surface area contributed by atoms with Gasteiger partial charge in [0.15, 0.2) is 8.32 Å². The lowest BCUT2D eigenvalue weighted by Gasteiger charge is -2.27. The molecule has 0 aromatic carbocycles. The van der Waals surface area contributed by atoms with Gasteiger partial charge in [0.1, 0.15) is 0 Å². The number of ether oxygens (including phenoxy) is 1. The molecule has 3 nitrogen and oxygen atoms in total. The molecular weight excluding hydrogens is 272 g/mol. The summed E-state index contributed by atoms with van der Waals surface area (Å²) in [5, 5.41) is 0. The molecule has 0 heterocycles. The van der Waals surface area contributed by atoms with Crippen LogP contribution in [0, 0.1) is 0 Å². The van der Waals surface area contributed by atoms with Crippen molar-refractivity contribution in [3.8, 4) is 0 Å². The van der Waals surface area contributed by atoms with Crippen LogP contribution in [0.2, 0.25) is 44.3 Å². The highest BCUT2D eigenvalue weighted by molar-refractivity contribution is 6.80. The first-order chi connectivity index (χ1) is 8.59. The highest BCUT2D eigenvalue weighted by Crippen LogP contribution is 2.24. The van der Waals surface area contributed by atoms with Gasteiger partial charge in [-0.3, -0.25) is 0 Å². The highest BCUT2D eigenvalue weighted by atomic mass is 28.4. The van der Waals surface area contributed by atoms with Crippen molar-refractivity contribution in [3.63, 3.8) is 0 Å². The summed E-state index contributed by atoms with van der Waals surface area (Å²) in [5.74, 6) is -0.271. The van der Waals surface area contributed by atoms with E-state index >= 15 is 0 Å². The van der Waals surface area contributed by atoms with Gasteiger partial charge in [0.05, 0.1) is 6.61 Å². The zero-order chi connectivity index (χ0) is 15.1. The van der Waals surface area contributed by atoms with Gasteiger partial charge in [-0.15, -0.1) is 0 Å². The summed E-state index contributed by atoms with van der Waals surface area (Å²) in [6.45, 7) is 15.1. The third kappa shape index (κ3) is 9.18. The molecule has 0 saturated heterocycles. The van der Waals surface area contributed by atoms with E-state index in [1.165, 1.54) is 18.1 Å². The zero-order valence-electron chi connectivity index (χ0n) is 13.5. The van der Waals surface area contributed by atoms with Gasteiger partial charge >= 0.3 is 5.97 Å². The van der Waals surface area contributed by atoms with E-state index in [1.807, 2.05) is 7.11 Å². The zero-order valence-corrected chi connectivity index (χ0v) is 15.5. The lowest BCUT2D eigenvalue weighted by molar-refractivity contribution is -0.138. The third-order valence-corrected chi connectivity index (χ3v) is 9.91. The van der Waals surface area contributed by atoms with Crippen LogP contribution in [0.15, 0.2) is 12.2 Å². The highest BCUT2D eigenvalue weighted by Gasteiger charge is 2.27. The molecule has 0 fully saturated rings. The van der Waals surface area contributed by atoms with Gasteiger partial charge in [-0.25, -0.2) is 4.79 Å². The van der Waals surface area contributed by atoms with Crippen LogP contribution in [0.25, 0.3) is 0 Å². The van der Waals surface area contributed by atoms with E-state index in [-0.39, 0.29) is 5.97 Å². The maximum absolute atomic E-state index is 11.2. The van der Waals surface area contributed by atoms with E-state index in [1.54, 1.807) is 6.92 Å². The summed E-state index contributed by atoms with van der Waals surface area (Å²) < 4.78 is 10.7. The van der Waals surface area contributed by atoms with Crippen molar-refractivity contribution >= 4 is 22.4 Å². The van der Waals surface area contributed by atoms with Crippen molar-refractivity contribution in [3.05, 3.63) is 12.2 Å². The molecule has 5 heteroatoms. The molecular formula is C14H30O3Si2. The Morgan fingerprint density at radius 2 is 1.68 bits per heavy atom. The molecule has 19 heavy (non-hydrogen) atoms. The number of carbonyl (C=O) groups is 1. The maximum Gasteiger partial charge on any atom is 0.333 e. The van der Waals surface area contributed by atoms with Gasteiger partial charge in [-0.1, -0.05) is 31.8 Å². The first-order valence-corrected chi connectivity index (χ1v) is 13.5. The molecule has 0 radical (unpaired) electrons. The van der Waals surface area contributed by atoms with Crippen molar-refractivity contribution in [1.29, 1.82) is 0 Å². The van der Waals surface area contributed by atoms with Gasteiger partial charge in [0.2, 0.25) is 0 Å². The van der Waals surface area contributed by atoms with Crippen molar-refractivity contribution < 1.29 is 14.0 Å². The van der Waals surface area contributed by atoms with Crippen LogP contribution in [0.4, 0.5) is 0 Å². The summed E-state index contributed by atoms with van der Waals surface area (Å²) in [6, 6.07) is 3.73.